The number of fused-ring (bicyclic) bond motifs is 1. The fourth-order valence-electron chi connectivity index (χ4n) is 5.65. The zero-order valence-corrected chi connectivity index (χ0v) is 22.9. The number of piperidine rings is 1. The number of halogens is 3. The summed E-state index contributed by atoms with van der Waals surface area (Å²) >= 11 is 1.47. The van der Waals surface area contributed by atoms with E-state index >= 15 is 0 Å². The molecule has 0 spiro atoms. The fourth-order valence-corrected chi connectivity index (χ4v) is 6.61. The van der Waals surface area contributed by atoms with Crippen molar-refractivity contribution in [2.75, 3.05) is 20.1 Å². The molecule has 1 fully saturated rings. The van der Waals surface area contributed by atoms with E-state index in [1.165, 1.54) is 22.5 Å². The number of likely N-dealkylation sites (tertiary alicyclic amines) is 1. The van der Waals surface area contributed by atoms with Gasteiger partial charge in [0.15, 0.2) is 5.69 Å². The van der Waals surface area contributed by atoms with Crippen LogP contribution in [0.2, 0.25) is 0 Å². The van der Waals surface area contributed by atoms with Crippen molar-refractivity contribution < 1.29 is 22.8 Å². The van der Waals surface area contributed by atoms with Gasteiger partial charge in [-0.1, -0.05) is 31.2 Å². The summed E-state index contributed by atoms with van der Waals surface area (Å²) in [4.78, 5) is 34.4. The molecule has 0 radical (unpaired) electrons. The number of alkyl halides is 3. The molecule has 1 aliphatic carbocycles. The second-order valence-electron chi connectivity index (χ2n) is 10.3. The highest BCUT2D eigenvalue weighted by Gasteiger charge is 2.35. The molecule has 208 valence electrons. The number of carbonyl (C=O) groups excluding carboxylic acids is 2. The number of hydrogen-bond acceptors (Lipinski definition) is 5. The Bertz CT molecular complexity index is 1340. The van der Waals surface area contributed by atoms with Gasteiger partial charge in [0.2, 0.25) is 5.91 Å². The number of aromatic nitrogens is 3. The Hall–Kier alpha value is -3.21. The molecule has 1 atom stereocenters. The summed E-state index contributed by atoms with van der Waals surface area (Å²) < 4.78 is 40.4. The van der Waals surface area contributed by atoms with E-state index in [1.54, 1.807) is 11.8 Å². The zero-order valence-electron chi connectivity index (χ0n) is 22.1. The Labute approximate surface area is 229 Å². The lowest BCUT2D eigenvalue weighted by Gasteiger charge is -2.33. The van der Waals surface area contributed by atoms with Crippen LogP contribution in [-0.4, -0.2) is 56.5 Å². The molecular weight excluding hydrogens is 527 g/mol. The monoisotopic (exact) mass is 559 g/mol. The van der Waals surface area contributed by atoms with Crippen LogP contribution in [0.5, 0.6) is 0 Å². The van der Waals surface area contributed by atoms with Gasteiger partial charge in [0, 0.05) is 37.1 Å². The molecule has 2 aromatic heterocycles. The smallest absolute Gasteiger partial charge is 0.341 e. The fraction of sp³-hybridized carbons (Fsp3) is 0.500. The van der Waals surface area contributed by atoms with Crippen LogP contribution < -0.4 is 0 Å². The predicted octanol–water partition coefficient (Wildman–Crippen LogP) is 5.48. The van der Waals surface area contributed by atoms with Crippen LogP contribution in [0.4, 0.5) is 13.2 Å². The first-order chi connectivity index (χ1) is 18.7. The highest BCUT2D eigenvalue weighted by Crippen LogP contribution is 2.35. The second kappa shape index (κ2) is 11.1. The van der Waals surface area contributed by atoms with Gasteiger partial charge in [-0.3, -0.25) is 14.3 Å². The lowest BCUT2D eigenvalue weighted by molar-refractivity contribution is -0.142. The Morgan fingerprint density at radius 3 is 2.62 bits per heavy atom. The Morgan fingerprint density at radius 1 is 1.15 bits per heavy atom. The number of benzene rings is 1. The van der Waals surface area contributed by atoms with Gasteiger partial charge < -0.3 is 9.80 Å². The van der Waals surface area contributed by atoms with Gasteiger partial charge in [0.1, 0.15) is 12.2 Å². The van der Waals surface area contributed by atoms with Gasteiger partial charge >= 0.3 is 6.18 Å². The molecule has 3 aromatic rings. The van der Waals surface area contributed by atoms with Gasteiger partial charge in [-0.15, -0.1) is 11.3 Å². The Balaban J connectivity index is 1.18. The van der Waals surface area contributed by atoms with Crippen molar-refractivity contribution in [1.29, 1.82) is 0 Å². The summed E-state index contributed by atoms with van der Waals surface area (Å²) in [6, 6.07) is 9.34. The van der Waals surface area contributed by atoms with Crippen LogP contribution in [-0.2, 0) is 30.4 Å². The maximum Gasteiger partial charge on any atom is 0.435 e. The van der Waals surface area contributed by atoms with Gasteiger partial charge in [-0.05, 0) is 55.7 Å². The summed E-state index contributed by atoms with van der Waals surface area (Å²) in [6.45, 7) is 2.50. The molecule has 0 bridgehead atoms. The minimum absolute atomic E-state index is 0.0390. The lowest BCUT2D eigenvalue weighted by Crippen LogP contribution is -2.40. The number of hydrogen-bond donors (Lipinski definition) is 0. The first-order valence-electron chi connectivity index (χ1n) is 13.4. The number of aryl methyl sites for hydroxylation is 2. The maximum atomic E-state index is 13.3. The van der Waals surface area contributed by atoms with E-state index < -0.39 is 11.9 Å². The number of carbonyl (C=O) groups is 2. The summed E-state index contributed by atoms with van der Waals surface area (Å²) in [5, 5.41) is 6.34. The third kappa shape index (κ3) is 5.73. The number of nitrogens with zero attached hydrogens (tertiary/aromatic N) is 5. The van der Waals surface area contributed by atoms with E-state index in [9.17, 15) is 22.8 Å². The van der Waals surface area contributed by atoms with Crippen LogP contribution in [0.15, 0.2) is 35.7 Å². The maximum absolute atomic E-state index is 13.3. The van der Waals surface area contributed by atoms with E-state index in [1.807, 2.05) is 29.5 Å². The lowest BCUT2D eigenvalue weighted by atomic mass is 9.87. The molecule has 1 saturated heterocycles. The molecule has 1 aromatic carbocycles. The number of rotatable bonds is 6. The molecule has 0 N–H and O–H groups in total. The Kier molecular flexibility index (Phi) is 7.80. The molecular formula is C28H32F3N5O2S. The van der Waals surface area contributed by atoms with Gasteiger partial charge in [0.25, 0.3) is 5.91 Å². The topological polar surface area (TPSA) is 71.3 Å². The van der Waals surface area contributed by atoms with Crippen molar-refractivity contribution in [3.63, 3.8) is 0 Å². The number of amides is 2. The second-order valence-corrected chi connectivity index (χ2v) is 11.2. The Morgan fingerprint density at radius 2 is 1.90 bits per heavy atom. The predicted molar refractivity (Wildman–Crippen MR) is 141 cm³/mol. The third-order valence-electron chi connectivity index (χ3n) is 7.86. The van der Waals surface area contributed by atoms with Crippen molar-refractivity contribution in [3.8, 4) is 0 Å². The van der Waals surface area contributed by atoms with E-state index in [0.717, 1.165) is 35.0 Å². The van der Waals surface area contributed by atoms with Gasteiger partial charge in [-0.25, -0.2) is 4.98 Å². The summed E-state index contributed by atoms with van der Waals surface area (Å²) in [5.41, 5.74) is 2.37. The SMILES string of the molecule is CCc1cc(C(F)(F)F)nn1CC(=O)N1CCC(c2nc(C(=O)N(C)[C@@H]3CCCc4ccccc43)cs2)CC1. The van der Waals surface area contributed by atoms with E-state index in [-0.39, 0.29) is 30.3 Å². The van der Waals surface area contributed by atoms with Crippen molar-refractivity contribution in [2.45, 2.75) is 70.1 Å². The average molecular weight is 560 g/mol. The molecule has 1 aliphatic heterocycles. The highest BCUT2D eigenvalue weighted by atomic mass is 32.1. The van der Waals surface area contributed by atoms with E-state index in [4.69, 9.17) is 4.98 Å². The first-order valence-corrected chi connectivity index (χ1v) is 14.3. The quantitative estimate of drug-likeness (QED) is 0.401. The van der Waals surface area contributed by atoms with E-state index in [2.05, 4.69) is 17.2 Å². The number of thiazole rings is 1. The van der Waals surface area contributed by atoms with E-state index in [0.29, 0.717) is 43.7 Å². The van der Waals surface area contributed by atoms with Crippen LogP contribution in [0, 0.1) is 0 Å². The van der Waals surface area contributed by atoms with Crippen molar-refractivity contribution >= 4 is 23.2 Å². The van der Waals surface area contributed by atoms with Crippen LogP contribution >= 0.6 is 11.3 Å². The van der Waals surface area contributed by atoms with Crippen molar-refractivity contribution in [3.05, 3.63) is 68.9 Å². The molecule has 2 aliphatic rings. The molecule has 0 saturated carbocycles. The minimum Gasteiger partial charge on any atom is -0.341 e. The van der Waals surface area contributed by atoms with Crippen LogP contribution in [0.1, 0.15) is 82.6 Å². The normalized spacial score (nSPS) is 18.2. The standard InChI is InChI=1S/C28H32F3N5O2S/c1-3-20-15-24(28(29,30)31)33-36(20)16-25(37)35-13-11-19(12-14-35)26-32-22(17-39-26)27(38)34(2)23-10-6-8-18-7-4-5-9-21(18)23/h4-5,7,9,15,17,19,23H,3,6,8,10-14,16H2,1-2H3/t23-/m1/s1. The van der Waals surface area contributed by atoms with Gasteiger partial charge in [-0.2, -0.15) is 18.3 Å². The summed E-state index contributed by atoms with van der Waals surface area (Å²) in [5.74, 6) is -0.200. The molecule has 11 heteroatoms. The largest absolute Gasteiger partial charge is 0.435 e. The van der Waals surface area contributed by atoms with Crippen molar-refractivity contribution in [1.82, 2.24) is 24.6 Å². The molecule has 2 amide bonds. The third-order valence-corrected chi connectivity index (χ3v) is 8.87. The summed E-state index contributed by atoms with van der Waals surface area (Å²) in [7, 11) is 1.85. The zero-order chi connectivity index (χ0) is 27.7. The van der Waals surface area contributed by atoms with Crippen LogP contribution in [0.25, 0.3) is 0 Å². The highest BCUT2D eigenvalue weighted by molar-refractivity contribution is 7.09. The molecule has 39 heavy (non-hydrogen) atoms. The molecule has 7 nitrogen and oxygen atoms in total. The van der Waals surface area contributed by atoms with Crippen LogP contribution in [0.3, 0.4) is 0 Å². The molecule has 5 rings (SSSR count). The first kappa shape index (κ1) is 27.4. The van der Waals surface area contributed by atoms with Gasteiger partial charge in [0.05, 0.1) is 11.0 Å². The molecule has 0 unspecified atom stereocenters. The minimum atomic E-state index is -4.54. The molecule has 3 heterocycles. The average Bonchev–Trinajstić information content (AvgIpc) is 3.60. The van der Waals surface area contributed by atoms with Crippen molar-refractivity contribution in [2.24, 2.45) is 0 Å². The summed E-state index contributed by atoms with van der Waals surface area (Å²) in [6.07, 6.45) is 0.193.